The van der Waals surface area contributed by atoms with Crippen molar-refractivity contribution in [2.24, 2.45) is 11.1 Å². The zero-order valence-corrected chi connectivity index (χ0v) is 27.2. The van der Waals surface area contributed by atoms with Crippen molar-refractivity contribution in [2.75, 3.05) is 26.8 Å². The largest absolute Gasteiger partial charge is 0.508 e. The molecule has 1 atom stereocenters. The maximum absolute atomic E-state index is 13.0. The summed E-state index contributed by atoms with van der Waals surface area (Å²) in [7, 11) is 1.68. The van der Waals surface area contributed by atoms with Crippen molar-refractivity contribution in [3.63, 3.8) is 0 Å². The van der Waals surface area contributed by atoms with Crippen LogP contribution in [0.3, 0.4) is 0 Å². The molecule has 4 N–H and O–H groups in total. The first-order chi connectivity index (χ1) is 22.2. The van der Waals surface area contributed by atoms with Crippen molar-refractivity contribution in [2.45, 2.75) is 65.6 Å². The molecule has 0 radical (unpaired) electrons. The van der Waals surface area contributed by atoms with Crippen LogP contribution in [-0.2, 0) is 45.1 Å². The van der Waals surface area contributed by atoms with Crippen LogP contribution in [0.15, 0.2) is 54.9 Å². The van der Waals surface area contributed by atoms with Gasteiger partial charge in [-0.2, -0.15) is 0 Å². The zero-order valence-electron chi connectivity index (χ0n) is 27.2. The van der Waals surface area contributed by atoms with Crippen molar-refractivity contribution < 1.29 is 24.2 Å². The smallest absolute Gasteiger partial charge is 0.293 e. The van der Waals surface area contributed by atoms with Crippen LogP contribution in [0.2, 0.25) is 0 Å². The highest BCUT2D eigenvalue weighted by Crippen LogP contribution is 2.41. The lowest BCUT2D eigenvalue weighted by atomic mass is 9.84. The van der Waals surface area contributed by atoms with Gasteiger partial charge in [-0.1, -0.05) is 26.0 Å². The van der Waals surface area contributed by atoms with Crippen LogP contribution in [-0.4, -0.2) is 64.9 Å². The average molecular weight is 628 g/mol. The molecular weight excluding hydrogens is 582 g/mol. The summed E-state index contributed by atoms with van der Waals surface area (Å²) in [5.74, 6) is -0.0318. The highest BCUT2D eigenvalue weighted by Gasteiger charge is 2.28. The Balaban J connectivity index is 1.60. The lowest BCUT2D eigenvalue weighted by Crippen LogP contribution is -2.53. The number of methoxy groups -OCH3 is 1. The molecule has 5 rings (SSSR count). The Bertz CT molecular complexity index is 1690. The monoisotopic (exact) mass is 627 g/mol. The lowest BCUT2D eigenvalue weighted by Gasteiger charge is -2.29. The Kier molecular flexibility index (Phi) is 10.4. The summed E-state index contributed by atoms with van der Waals surface area (Å²) >= 11 is 0. The predicted molar refractivity (Wildman–Crippen MR) is 179 cm³/mol. The summed E-state index contributed by atoms with van der Waals surface area (Å²) in [5.41, 5.74) is 16.9. The van der Waals surface area contributed by atoms with Gasteiger partial charge >= 0.3 is 0 Å². The molecule has 1 amide bonds. The number of pyridine rings is 1. The third-order valence-electron chi connectivity index (χ3n) is 8.61. The maximum atomic E-state index is 13.0. The molecule has 3 heterocycles. The summed E-state index contributed by atoms with van der Waals surface area (Å²) in [6.45, 7) is 9.64. The maximum Gasteiger partial charge on any atom is 0.293 e. The van der Waals surface area contributed by atoms with Crippen LogP contribution >= 0.6 is 0 Å². The highest BCUT2D eigenvalue weighted by atomic mass is 16.5. The minimum absolute atomic E-state index is 0.113. The quantitative estimate of drug-likeness (QED) is 0.177. The number of aromatic nitrogens is 2. The van der Waals surface area contributed by atoms with E-state index < -0.39 is 6.04 Å². The molecule has 0 saturated carbocycles. The third kappa shape index (κ3) is 7.25. The highest BCUT2D eigenvalue weighted by molar-refractivity contribution is 5.95. The van der Waals surface area contributed by atoms with E-state index in [1.807, 2.05) is 18.3 Å². The van der Waals surface area contributed by atoms with Gasteiger partial charge in [0.2, 0.25) is 0 Å². The van der Waals surface area contributed by atoms with Crippen LogP contribution in [0.5, 0.6) is 5.75 Å². The molecule has 0 aliphatic carbocycles. The zero-order chi connectivity index (χ0) is 32.8. The van der Waals surface area contributed by atoms with Crippen molar-refractivity contribution in [3.05, 3.63) is 71.5 Å². The molecule has 10 nitrogen and oxygen atoms in total. The number of carbonyl (C=O) groups excluding carboxylic acids is 2. The fraction of sp³-hybridized carbons (Fsp3) is 0.417. The molecule has 244 valence electrons. The van der Waals surface area contributed by atoms with E-state index in [2.05, 4.69) is 53.9 Å². The van der Waals surface area contributed by atoms with Crippen LogP contribution in [0.25, 0.3) is 33.3 Å². The molecule has 0 spiro atoms. The number of aromatic hydroxyl groups is 1. The van der Waals surface area contributed by atoms with Gasteiger partial charge in [-0.15, -0.1) is 0 Å². The number of aryl methyl sites for hydroxylation is 1. The molecular formula is C36H45N5O5. The molecule has 10 heteroatoms. The average Bonchev–Trinajstić information content (AvgIpc) is 3.35. The first-order valence-corrected chi connectivity index (χ1v) is 15.9. The normalized spacial score (nSPS) is 14.4. The summed E-state index contributed by atoms with van der Waals surface area (Å²) in [4.78, 5) is 28.6. The van der Waals surface area contributed by atoms with E-state index >= 15 is 0 Å². The number of hydrazine groups is 1. The number of carbonyl (C=O) groups is 2. The molecule has 0 bridgehead atoms. The Labute approximate surface area is 270 Å². The van der Waals surface area contributed by atoms with Crippen LogP contribution in [0.4, 0.5) is 0 Å². The molecule has 46 heavy (non-hydrogen) atoms. The molecule has 1 unspecified atom stereocenters. The van der Waals surface area contributed by atoms with Crippen LogP contribution < -0.4 is 11.2 Å². The van der Waals surface area contributed by atoms with Gasteiger partial charge < -0.3 is 24.9 Å². The number of fused-ring (bicyclic) bond motifs is 1. The summed E-state index contributed by atoms with van der Waals surface area (Å²) in [6, 6.07) is 13.0. The number of hydrogen-bond donors (Lipinski definition) is 3. The predicted octanol–water partition coefficient (Wildman–Crippen LogP) is 4.98. The van der Waals surface area contributed by atoms with Gasteiger partial charge in [0.25, 0.3) is 12.4 Å². The Hall–Kier alpha value is -4.25. The Morgan fingerprint density at radius 3 is 2.72 bits per heavy atom. The number of amides is 1. The van der Waals surface area contributed by atoms with E-state index in [0.717, 1.165) is 75.9 Å². The summed E-state index contributed by atoms with van der Waals surface area (Å²) in [5, 5.41) is 13.4. The number of rotatable bonds is 13. The molecule has 1 fully saturated rings. The van der Waals surface area contributed by atoms with E-state index in [1.165, 1.54) is 0 Å². The SMILES string of the molecule is CCn1c(-c2cnccc2COC)c(CC(C)(C)COC=O)c2cc(-c3cc(O)cc(CC(N)C(=O)N4CCCCN4)c3)ccc21. The van der Waals surface area contributed by atoms with E-state index in [1.54, 1.807) is 30.4 Å². The number of benzene rings is 2. The van der Waals surface area contributed by atoms with Gasteiger partial charge in [0.15, 0.2) is 0 Å². The van der Waals surface area contributed by atoms with E-state index in [-0.39, 0.29) is 23.7 Å². The second-order valence-electron chi connectivity index (χ2n) is 12.8. The van der Waals surface area contributed by atoms with Gasteiger partial charge in [0.05, 0.1) is 24.9 Å². The summed E-state index contributed by atoms with van der Waals surface area (Å²) < 4.78 is 13.1. The minimum atomic E-state index is -0.730. The molecule has 4 aromatic rings. The first kappa shape index (κ1) is 33.1. The number of phenolic OH excluding ortho intramolecular Hbond substituents is 1. The minimum Gasteiger partial charge on any atom is -0.508 e. The third-order valence-corrected chi connectivity index (χ3v) is 8.61. The van der Waals surface area contributed by atoms with Crippen LogP contribution in [0, 0.1) is 5.41 Å². The van der Waals surface area contributed by atoms with Gasteiger partial charge in [0, 0.05) is 61.0 Å². The standard InChI is InChI=1S/C36H45N5O5/c1-5-40-33-9-8-25(27-14-24(15-28(43)17-27)16-32(37)35(44)41-13-7-6-11-39-41)18-29(33)30(19-36(2,3)22-46-23-42)34(40)31-20-38-12-10-26(31)21-45-4/h8-10,12,14-15,17-18,20,23,32,39,43H,5-7,11,13,16,19,21-22,37H2,1-4H3. The second kappa shape index (κ2) is 14.5. The number of nitrogens with zero attached hydrogens (tertiary/aromatic N) is 3. The van der Waals surface area contributed by atoms with E-state index in [9.17, 15) is 14.7 Å². The number of nitrogens with two attached hydrogens (primary N) is 1. The fourth-order valence-electron chi connectivity index (χ4n) is 6.50. The topological polar surface area (TPSA) is 132 Å². The molecule has 1 aliphatic rings. The van der Waals surface area contributed by atoms with Gasteiger partial charge in [-0.25, -0.2) is 5.43 Å². The molecule has 1 aliphatic heterocycles. The van der Waals surface area contributed by atoms with Gasteiger partial charge in [0.1, 0.15) is 5.75 Å². The number of ether oxygens (including phenoxy) is 2. The number of nitrogens with one attached hydrogen (secondary N) is 1. The summed E-state index contributed by atoms with van der Waals surface area (Å²) in [6.07, 6.45) is 6.58. The second-order valence-corrected chi connectivity index (χ2v) is 12.8. The first-order valence-electron chi connectivity index (χ1n) is 15.9. The Morgan fingerprint density at radius 1 is 1.17 bits per heavy atom. The Morgan fingerprint density at radius 2 is 2.00 bits per heavy atom. The van der Waals surface area contributed by atoms with Crippen molar-refractivity contribution in [3.8, 4) is 28.1 Å². The van der Waals surface area contributed by atoms with Crippen LogP contribution in [0.1, 0.15) is 50.3 Å². The number of hydrogen-bond acceptors (Lipinski definition) is 8. The van der Waals surface area contributed by atoms with E-state index in [4.69, 9.17) is 15.2 Å². The van der Waals surface area contributed by atoms with Crippen molar-refractivity contribution in [1.29, 1.82) is 0 Å². The molecule has 2 aromatic heterocycles. The van der Waals surface area contributed by atoms with Crippen molar-refractivity contribution >= 4 is 23.3 Å². The fourth-order valence-corrected chi connectivity index (χ4v) is 6.50. The molecule has 2 aromatic carbocycles. The van der Waals surface area contributed by atoms with Crippen molar-refractivity contribution in [1.82, 2.24) is 20.0 Å². The van der Waals surface area contributed by atoms with Gasteiger partial charge in [-0.05, 0) is 90.8 Å². The van der Waals surface area contributed by atoms with Gasteiger partial charge in [-0.3, -0.25) is 19.6 Å². The molecule has 1 saturated heterocycles. The van der Waals surface area contributed by atoms with E-state index in [0.29, 0.717) is 32.5 Å². The number of phenols is 1. The lowest BCUT2D eigenvalue weighted by molar-refractivity contribution is -0.137.